The second-order valence-electron chi connectivity index (χ2n) is 9.95. The lowest BCUT2D eigenvalue weighted by molar-refractivity contribution is -0.140. The smallest absolute Gasteiger partial charge is 0.328 e. The second-order valence-corrected chi connectivity index (χ2v) is 9.95. The van der Waals surface area contributed by atoms with Crippen LogP contribution in [0.2, 0.25) is 0 Å². The van der Waals surface area contributed by atoms with Crippen molar-refractivity contribution in [2.45, 2.75) is 51.7 Å². The molecule has 2 aromatic carbocycles. The average molecular weight is 477 g/mol. The topological polar surface area (TPSA) is 85.5 Å². The van der Waals surface area contributed by atoms with Gasteiger partial charge in [-0.05, 0) is 55.0 Å². The van der Waals surface area contributed by atoms with E-state index in [1.807, 2.05) is 38.1 Å². The predicted molar refractivity (Wildman–Crippen MR) is 130 cm³/mol. The number of fused-ring (bicyclic) bond motifs is 5. The number of nitrogens with one attached hydrogen (secondary N) is 2. The monoisotopic (exact) mass is 476 g/mol. The molecule has 1 aromatic heterocycles. The van der Waals surface area contributed by atoms with Crippen LogP contribution in [-0.4, -0.2) is 45.2 Å². The van der Waals surface area contributed by atoms with Crippen molar-refractivity contribution in [3.63, 3.8) is 0 Å². The molecule has 1 fully saturated rings. The minimum Gasteiger partial charge on any atom is -0.356 e. The summed E-state index contributed by atoms with van der Waals surface area (Å²) in [6.45, 7) is 6.25. The number of carbonyl (C=O) groups excluding carboxylic acids is 3. The van der Waals surface area contributed by atoms with E-state index in [9.17, 15) is 18.8 Å². The Kier molecular flexibility index (Phi) is 5.62. The van der Waals surface area contributed by atoms with Crippen LogP contribution in [-0.2, 0) is 28.1 Å². The summed E-state index contributed by atoms with van der Waals surface area (Å²) in [6, 6.07) is 12.4. The maximum Gasteiger partial charge on any atom is 0.328 e. The number of rotatable bonds is 6. The van der Waals surface area contributed by atoms with E-state index in [-0.39, 0.29) is 18.3 Å². The second kappa shape index (κ2) is 8.52. The van der Waals surface area contributed by atoms with Gasteiger partial charge in [0.2, 0.25) is 5.91 Å². The van der Waals surface area contributed by atoms with E-state index in [4.69, 9.17) is 0 Å². The summed E-state index contributed by atoms with van der Waals surface area (Å²) in [4.78, 5) is 47.1. The molecule has 8 heteroatoms. The summed E-state index contributed by atoms with van der Waals surface area (Å²) in [5, 5.41) is 3.90. The number of imide groups is 1. The molecule has 35 heavy (non-hydrogen) atoms. The first-order valence-electron chi connectivity index (χ1n) is 12.0. The van der Waals surface area contributed by atoms with Crippen molar-refractivity contribution in [3.05, 3.63) is 71.2 Å². The predicted octanol–water partition coefficient (Wildman–Crippen LogP) is 4.07. The first kappa shape index (κ1) is 23.1. The molecule has 0 aliphatic carbocycles. The SMILES string of the molecule is CC(C)C[C@H](C(=O)NCc1ccc(F)cc1)N1C(=O)N2CCc3c([nH]c4ccccc34)[C@@]2(C)C1=O. The summed E-state index contributed by atoms with van der Waals surface area (Å²) >= 11 is 0. The van der Waals surface area contributed by atoms with Gasteiger partial charge in [-0.2, -0.15) is 0 Å². The molecule has 2 N–H and O–H groups in total. The van der Waals surface area contributed by atoms with Gasteiger partial charge in [-0.25, -0.2) is 14.1 Å². The summed E-state index contributed by atoms with van der Waals surface area (Å²) in [7, 11) is 0. The highest BCUT2D eigenvalue weighted by molar-refractivity contribution is 6.11. The number of nitrogens with zero attached hydrogens (tertiary/aromatic N) is 2. The van der Waals surface area contributed by atoms with Crippen LogP contribution in [0.5, 0.6) is 0 Å². The van der Waals surface area contributed by atoms with E-state index in [1.54, 1.807) is 24.0 Å². The number of halogens is 1. The van der Waals surface area contributed by atoms with E-state index >= 15 is 0 Å². The Bertz CT molecular complexity index is 1320. The third kappa shape index (κ3) is 3.68. The summed E-state index contributed by atoms with van der Waals surface area (Å²) in [5.41, 5.74) is 2.23. The summed E-state index contributed by atoms with van der Waals surface area (Å²) in [6.07, 6.45) is 0.976. The molecule has 0 radical (unpaired) electrons. The van der Waals surface area contributed by atoms with Crippen molar-refractivity contribution in [2.24, 2.45) is 5.92 Å². The molecule has 4 amide bonds. The van der Waals surface area contributed by atoms with Crippen molar-refractivity contribution in [1.29, 1.82) is 0 Å². The maximum atomic E-state index is 14.0. The highest BCUT2D eigenvalue weighted by Crippen LogP contribution is 2.44. The lowest BCUT2D eigenvalue weighted by atomic mass is 9.87. The minimum atomic E-state index is -1.20. The molecular weight excluding hydrogens is 447 g/mol. The van der Waals surface area contributed by atoms with Crippen LogP contribution in [0.1, 0.15) is 44.0 Å². The van der Waals surface area contributed by atoms with Gasteiger partial charge >= 0.3 is 6.03 Å². The molecule has 182 valence electrons. The molecule has 2 aliphatic heterocycles. The largest absolute Gasteiger partial charge is 0.356 e. The van der Waals surface area contributed by atoms with Gasteiger partial charge in [0.1, 0.15) is 11.9 Å². The number of amides is 4. The number of aromatic amines is 1. The molecular formula is C27H29FN4O3. The zero-order chi connectivity index (χ0) is 24.9. The Hall–Kier alpha value is -3.68. The number of para-hydroxylation sites is 1. The molecule has 3 aromatic rings. The molecule has 7 nitrogen and oxygen atoms in total. The first-order chi connectivity index (χ1) is 16.7. The number of hydrogen-bond acceptors (Lipinski definition) is 3. The quantitative estimate of drug-likeness (QED) is 0.526. The van der Waals surface area contributed by atoms with Crippen LogP contribution in [0.4, 0.5) is 9.18 Å². The third-order valence-corrected chi connectivity index (χ3v) is 7.19. The molecule has 0 unspecified atom stereocenters. The van der Waals surface area contributed by atoms with Crippen LogP contribution in [0.15, 0.2) is 48.5 Å². The fourth-order valence-corrected chi connectivity index (χ4v) is 5.38. The molecule has 0 spiro atoms. The molecule has 5 rings (SSSR count). The number of benzene rings is 2. The van der Waals surface area contributed by atoms with Crippen molar-refractivity contribution < 1.29 is 18.8 Å². The van der Waals surface area contributed by atoms with Gasteiger partial charge < -0.3 is 15.2 Å². The van der Waals surface area contributed by atoms with Crippen molar-refractivity contribution in [1.82, 2.24) is 20.1 Å². The number of urea groups is 1. The maximum absolute atomic E-state index is 14.0. The van der Waals surface area contributed by atoms with Crippen LogP contribution in [0.3, 0.4) is 0 Å². The van der Waals surface area contributed by atoms with Crippen molar-refractivity contribution >= 4 is 28.7 Å². The fourth-order valence-electron chi connectivity index (χ4n) is 5.38. The number of carbonyl (C=O) groups is 3. The Morgan fingerprint density at radius 3 is 2.57 bits per heavy atom. The Labute approximate surface area is 203 Å². The van der Waals surface area contributed by atoms with Crippen LogP contribution in [0, 0.1) is 11.7 Å². The molecule has 2 atom stereocenters. The Morgan fingerprint density at radius 2 is 1.86 bits per heavy atom. The molecule has 0 saturated carbocycles. The lowest BCUT2D eigenvalue weighted by Crippen LogP contribution is -2.51. The van der Waals surface area contributed by atoms with Crippen LogP contribution in [0.25, 0.3) is 10.9 Å². The van der Waals surface area contributed by atoms with E-state index in [1.165, 1.54) is 12.1 Å². The van der Waals surface area contributed by atoms with Crippen LogP contribution >= 0.6 is 0 Å². The molecule has 3 heterocycles. The number of H-pyrrole nitrogens is 1. The van der Waals surface area contributed by atoms with Gasteiger partial charge in [0, 0.05) is 24.0 Å². The molecule has 2 aliphatic rings. The van der Waals surface area contributed by atoms with E-state index < -0.39 is 29.4 Å². The Balaban J connectivity index is 1.47. The van der Waals surface area contributed by atoms with Crippen molar-refractivity contribution in [2.75, 3.05) is 6.54 Å². The zero-order valence-electron chi connectivity index (χ0n) is 20.1. The molecule has 0 bridgehead atoms. The summed E-state index contributed by atoms with van der Waals surface area (Å²) in [5.74, 6) is -1.07. The van der Waals surface area contributed by atoms with Gasteiger partial charge in [-0.1, -0.05) is 44.2 Å². The van der Waals surface area contributed by atoms with Crippen molar-refractivity contribution in [3.8, 4) is 0 Å². The highest BCUT2D eigenvalue weighted by Gasteiger charge is 2.60. The van der Waals surface area contributed by atoms with Gasteiger partial charge in [-0.3, -0.25) is 9.59 Å². The lowest BCUT2D eigenvalue weighted by Gasteiger charge is -2.36. The standard InChI is InChI=1S/C27H29FN4O3/c1-16(2)14-22(24(33)29-15-17-8-10-18(28)11-9-17)32-25(34)27(3)23-20(12-13-31(27)26(32)35)19-6-4-5-7-21(19)30-23/h4-11,16,22,30H,12-15H2,1-3H3,(H,29,33)/t22-,27+/m1/s1. The highest BCUT2D eigenvalue weighted by atomic mass is 19.1. The van der Waals surface area contributed by atoms with Gasteiger partial charge in [0.05, 0.1) is 5.69 Å². The van der Waals surface area contributed by atoms with E-state index in [2.05, 4.69) is 10.3 Å². The van der Waals surface area contributed by atoms with Gasteiger partial charge in [-0.15, -0.1) is 0 Å². The van der Waals surface area contributed by atoms with Gasteiger partial charge in [0.15, 0.2) is 5.54 Å². The summed E-state index contributed by atoms with van der Waals surface area (Å²) < 4.78 is 13.2. The number of hydrogen-bond donors (Lipinski definition) is 2. The average Bonchev–Trinajstić information content (AvgIpc) is 3.31. The normalized spacial score (nSPS) is 20.4. The van der Waals surface area contributed by atoms with Gasteiger partial charge in [0.25, 0.3) is 5.91 Å². The minimum absolute atomic E-state index is 0.0752. The van der Waals surface area contributed by atoms with E-state index in [0.29, 0.717) is 19.4 Å². The first-order valence-corrected chi connectivity index (χ1v) is 12.0. The van der Waals surface area contributed by atoms with Crippen LogP contribution < -0.4 is 5.32 Å². The van der Waals surface area contributed by atoms with E-state index in [0.717, 1.165) is 32.6 Å². The third-order valence-electron chi connectivity index (χ3n) is 7.19. The number of aromatic nitrogens is 1. The zero-order valence-corrected chi connectivity index (χ0v) is 20.1. The Morgan fingerprint density at radius 1 is 1.14 bits per heavy atom. The molecule has 1 saturated heterocycles. The fraction of sp³-hybridized carbons (Fsp3) is 0.370.